The smallest absolute Gasteiger partial charge is 0.289 e. The Kier molecular flexibility index (Phi) is 4.18. The van der Waals surface area contributed by atoms with Crippen molar-refractivity contribution in [2.24, 2.45) is 0 Å². The standard InChI is InChI=1S/C10H11ClF3NO/c1-15-5-10(13,14)9(16)7-4-6(11)2-3-8(7)12/h2-4,9,15-16H,5H2,1H3. The van der Waals surface area contributed by atoms with Gasteiger partial charge in [0, 0.05) is 10.6 Å². The molecule has 1 aromatic rings. The third-order valence-electron chi connectivity index (χ3n) is 2.07. The predicted molar refractivity (Wildman–Crippen MR) is 55.2 cm³/mol. The molecule has 16 heavy (non-hydrogen) atoms. The lowest BCUT2D eigenvalue weighted by Gasteiger charge is -2.22. The van der Waals surface area contributed by atoms with Crippen molar-refractivity contribution < 1.29 is 18.3 Å². The summed E-state index contributed by atoms with van der Waals surface area (Å²) in [6.45, 7) is -0.750. The molecule has 0 saturated heterocycles. The predicted octanol–water partition coefficient (Wildman–Crippen LogP) is 2.37. The average Bonchev–Trinajstić information content (AvgIpc) is 2.20. The molecule has 0 aliphatic carbocycles. The molecular formula is C10H11ClF3NO. The number of hydrogen-bond acceptors (Lipinski definition) is 2. The molecular weight excluding hydrogens is 243 g/mol. The number of nitrogens with one attached hydrogen (secondary N) is 1. The Morgan fingerprint density at radius 2 is 2.12 bits per heavy atom. The second-order valence-electron chi connectivity index (χ2n) is 3.36. The minimum Gasteiger partial charge on any atom is -0.382 e. The highest BCUT2D eigenvalue weighted by Gasteiger charge is 2.40. The molecule has 0 spiro atoms. The summed E-state index contributed by atoms with van der Waals surface area (Å²) in [5, 5.41) is 11.7. The molecule has 0 aliphatic heterocycles. The van der Waals surface area contributed by atoms with E-state index in [0.29, 0.717) is 0 Å². The minimum atomic E-state index is -3.46. The number of alkyl halides is 2. The fraction of sp³-hybridized carbons (Fsp3) is 0.400. The van der Waals surface area contributed by atoms with Gasteiger partial charge < -0.3 is 10.4 Å². The van der Waals surface area contributed by atoms with Gasteiger partial charge in [0.05, 0.1) is 6.54 Å². The summed E-state index contributed by atoms with van der Waals surface area (Å²) in [6.07, 6.45) is -2.22. The molecule has 1 aromatic carbocycles. The molecule has 0 saturated carbocycles. The fourth-order valence-electron chi connectivity index (χ4n) is 1.28. The van der Waals surface area contributed by atoms with Crippen LogP contribution in [0.3, 0.4) is 0 Å². The van der Waals surface area contributed by atoms with Crippen molar-refractivity contribution in [2.75, 3.05) is 13.6 Å². The second-order valence-corrected chi connectivity index (χ2v) is 3.80. The number of benzene rings is 1. The summed E-state index contributed by atoms with van der Waals surface area (Å²) in [4.78, 5) is 0. The van der Waals surface area contributed by atoms with Crippen LogP contribution in [0, 0.1) is 5.82 Å². The zero-order valence-corrected chi connectivity index (χ0v) is 9.23. The van der Waals surface area contributed by atoms with E-state index >= 15 is 0 Å². The molecule has 0 fully saturated rings. The largest absolute Gasteiger partial charge is 0.382 e. The topological polar surface area (TPSA) is 32.3 Å². The molecule has 0 aromatic heterocycles. The molecule has 0 aliphatic rings. The normalized spacial score (nSPS) is 13.9. The van der Waals surface area contributed by atoms with Gasteiger partial charge in [-0.1, -0.05) is 11.6 Å². The van der Waals surface area contributed by atoms with Gasteiger partial charge in [0.2, 0.25) is 0 Å². The zero-order chi connectivity index (χ0) is 12.3. The van der Waals surface area contributed by atoms with Crippen LogP contribution < -0.4 is 5.32 Å². The summed E-state index contributed by atoms with van der Waals surface area (Å²) >= 11 is 5.55. The lowest BCUT2D eigenvalue weighted by atomic mass is 10.0. The van der Waals surface area contributed by atoms with Gasteiger partial charge in [-0.2, -0.15) is 0 Å². The van der Waals surface area contributed by atoms with Gasteiger partial charge in [0.15, 0.2) is 0 Å². The lowest BCUT2D eigenvalue weighted by molar-refractivity contribution is -0.108. The Balaban J connectivity index is 3.03. The first-order valence-corrected chi connectivity index (χ1v) is 4.91. The van der Waals surface area contributed by atoms with E-state index in [1.807, 2.05) is 0 Å². The number of aliphatic hydroxyl groups is 1. The van der Waals surface area contributed by atoms with E-state index in [-0.39, 0.29) is 5.02 Å². The van der Waals surface area contributed by atoms with E-state index in [2.05, 4.69) is 5.32 Å². The Morgan fingerprint density at radius 1 is 1.50 bits per heavy atom. The van der Waals surface area contributed by atoms with E-state index in [0.717, 1.165) is 12.1 Å². The molecule has 90 valence electrons. The number of rotatable bonds is 4. The Bertz CT molecular complexity index is 373. The van der Waals surface area contributed by atoms with Crippen molar-refractivity contribution in [3.63, 3.8) is 0 Å². The third kappa shape index (κ3) is 2.87. The maximum absolute atomic E-state index is 13.3. The lowest BCUT2D eigenvalue weighted by Crippen LogP contribution is -2.37. The van der Waals surface area contributed by atoms with Gasteiger partial charge in [-0.3, -0.25) is 0 Å². The maximum Gasteiger partial charge on any atom is 0.289 e. The van der Waals surface area contributed by atoms with Crippen LogP contribution in [0.25, 0.3) is 0 Å². The molecule has 0 bridgehead atoms. The average molecular weight is 254 g/mol. The number of hydrogen-bond donors (Lipinski definition) is 2. The van der Waals surface area contributed by atoms with E-state index in [1.54, 1.807) is 0 Å². The molecule has 1 atom stereocenters. The second kappa shape index (κ2) is 5.03. The molecule has 0 heterocycles. The molecule has 2 nitrogen and oxygen atoms in total. The van der Waals surface area contributed by atoms with Gasteiger partial charge >= 0.3 is 0 Å². The summed E-state index contributed by atoms with van der Waals surface area (Å²) in [6, 6.07) is 3.16. The van der Waals surface area contributed by atoms with Gasteiger partial charge in [-0.15, -0.1) is 0 Å². The van der Waals surface area contributed by atoms with Gasteiger partial charge in [-0.05, 0) is 25.2 Å². The Hall–Kier alpha value is -0.780. The fourth-order valence-corrected chi connectivity index (χ4v) is 1.46. The molecule has 6 heteroatoms. The van der Waals surface area contributed by atoms with Crippen molar-refractivity contribution in [1.29, 1.82) is 0 Å². The monoisotopic (exact) mass is 253 g/mol. The number of aliphatic hydroxyl groups excluding tert-OH is 1. The van der Waals surface area contributed by atoms with Crippen LogP contribution in [-0.4, -0.2) is 24.6 Å². The first kappa shape index (κ1) is 13.3. The highest BCUT2D eigenvalue weighted by atomic mass is 35.5. The summed E-state index contributed by atoms with van der Waals surface area (Å²) < 4.78 is 39.8. The van der Waals surface area contributed by atoms with Crippen molar-refractivity contribution in [3.05, 3.63) is 34.6 Å². The first-order valence-electron chi connectivity index (χ1n) is 4.54. The molecule has 1 rings (SSSR count). The van der Waals surface area contributed by atoms with Crippen molar-refractivity contribution in [2.45, 2.75) is 12.0 Å². The van der Waals surface area contributed by atoms with Crippen molar-refractivity contribution in [1.82, 2.24) is 5.32 Å². The van der Waals surface area contributed by atoms with Crippen molar-refractivity contribution in [3.8, 4) is 0 Å². The SMILES string of the molecule is CNCC(F)(F)C(O)c1cc(Cl)ccc1F. The Morgan fingerprint density at radius 3 is 2.69 bits per heavy atom. The van der Waals surface area contributed by atoms with Crippen LogP contribution in [0.2, 0.25) is 5.02 Å². The van der Waals surface area contributed by atoms with Gasteiger partial charge in [0.25, 0.3) is 5.92 Å². The zero-order valence-electron chi connectivity index (χ0n) is 8.48. The molecule has 2 N–H and O–H groups in total. The molecule has 1 unspecified atom stereocenters. The molecule has 0 radical (unpaired) electrons. The highest BCUT2D eigenvalue weighted by Crippen LogP contribution is 2.33. The number of halogens is 4. The maximum atomic E-state index is 13.3. The Labute approximate surface area is 96.0 Å². The quantitative estimate of drug-likeness (QED) is 0.864. The first-order chi connectivity index (χ1) is 7.38. The van der Waals surface area contributed by atoms with Gasteiger partial charge in [0.1, 0.15) is 11.9 Å². The summed E-state index contributed by atoms with van der Waals surface area (Å²) in [5.74, 6) is -4.37. The van der Waals surface area contributed by atoms with Crippen LogP contribution in [0.5, 0.6) is 0 Å². The van der Waals surface area contributed by atoms with Crippen LogP contribution >= 0.6 is 11.6 Å². The van der Waals surface area contributed by atoms with Gasteiger partial charge in [-0.25, -0.2) is 13.2 Å². The minimum absolute atomic E-state index is 0.0932. The third-order valence-corrected chi connectivity index (χ3v) is 2.30. The summed E-state index contributed by atoms with van der Waals surface area (Å²) in [5.41, 5.74) is -0.507. The van der Waals surface area contributed by atoms with Crippen LogP contribution in [0.15, 0.2) is 18.2 Å². The van der Waals surface area contributed by atoms with Crippen LogP contribution in [-0.2, 0) is 0 Å². The molecule has 0 amide bonds. The van der Waals surface area contributed by atoms with E-state index in [4.69, 9.17) is 11.6 Å². The van der Waals surface area contributed by atoms with Crippen molar-refractivity contribution >= 4 is 11.6 Å². The highest BCUT2D eigenvalue weighted by molar-refractivity contribution is 6.30. The van der Waals surface area contributed by atoms with E-state index in [9.17, 15) is 18.3 Å². The summed E-state index contributed by atoms with van der Waals surface area (Å²) in [7, 11) is 1.31. The van der Waals surface area contributed by atoms with E-state index in [1.165, 1.54) is 13.1 Å². The van der Waals surface area contributed by atoms with Crippen LogP contribution in [0.1, 0.15) is 11.7 Å². The van der Waals surface area contributed by atoms with E-state index < -0.39 is 30.0 Å². The van der Waals surface area contributed by atoms with Crippen LogP contribution in [0.4, 0.5) is 13.2 Å².